The lowest BCUT2D eigenvalue weighted by Gasteiger charge is -2.25. The molecule has 1 aliphatic rings. The molecule has 0 fully saturated rings. The highest BCUT2D eigenvalue weighted by atomic mass is 16.2. The van der Waals surface area contributed by atoms with Crippen LogP contribution in [-0.2, 0) is 16.1 Å². The molecule has 0 spiro atoms. The third kappa shape index (κ3) is 2.89. The molecule has 2 rings (SSSR count). The highest BCUT2D eigenvalue weighted by Gasteiger charge is 2.37. The van der Waals surface area contributed by atoms with Gasteiger partial charge < -0.3 is 4.90 Å². The molecule has 1 aromatic carbocycles. The number of nitrogens with one attached hydrogen (secondary N) is 1. The largest absolute Gasteiger partial charge is 0.322 e. The van der Waals surface area contributed by atoms with Crippen molar-refractivity contribution in [2.75, 3.05) is 0 Å². The monoisotopic (exact) mass is 302 g/mol. The molecule has 5 nitrogen and oxygen atoms in total. The Morgan fingerprint density at radius 2 is 2.14 bits per heavy atom. The van der Waals surface area contributed by atoms with Gasteiger partial charge in [-0.3, -0.25) is 19.7 Å². The van der Waals surface area contributed by atoms with E-state index in [1.165, 1.54) is 0 Å². The lowest BCUT2D eigenvalue weighted by Crippen LogP contribution is -2.46. The van der Waals surface area contributed by atoms with Gasteiger partial charge in [-0.15, -0.1) is 0 Å². The molecule has 1 heterocycles. The van der Waals surface area contributed by atoms with Crippen LogP contribution in [0.4, 0.5) is 0 Å². The molecule has 1 aromatic rings. The summed E-state index contributed by atoms with van der Waals surface area (Å²) in [6.07, 6.45) is 1.67. The van der Waals surface area contributed by atoms with E-state index in [1.807, 2.05) is 39.0 Å². The number of amides is 3. The fourth-order valence-corrected chi connectivity index (χ4v) is 3.00. The van der Waals surface area contributed by atoms with Crippen LogP contribution < -0.4 is 5.32 Å². The van der Waals surface area contributed by atoms with Crippen molar-refractivity contribution in [3.63, 3.8) is 0 Å². The lowest BCUT2D eigenvalue weighted by atomic mass is 9.94. The second-order valence-electron chi connectivity index (χ2n) is 5.90. The molecule has 1 aliphatic heterocycles. The van der Waals surface area contributed by atoms with Crippen molar-refractivity contribution in [1.29, 1.82) is 0 Å². The van der Waals surface area contributed by atoms with E-state index in [-0.39, 0.29) is 11.8 Å². The van der Waals surface area contributed by atoms with Crippen LogP contribution in [-0.4, -0.2) is 29.2 Å². The number of carbonyl (C=O) groups is 3. The summed E-state index contributed by atoms with van der Waals surface area (Å²) in [6.45, 7) is 6.47. The summed E-state index contributed by atoms with van der Waals surface area (Å²) in [4.78, 5) is 37.0. The van der Waals surface area contributed by atoms with Gasteiger partial charge in [0.25, 0.3) is 5.91 Å². The molecule has 0 bridgehead atoms. The van der Waals surface area contributed by atoms with Gasteiger partial charge in [0.1, 0.15) is 6.04 Å². The fraction of sp³-hybridized carbons (Fsp3) is 0.471. The predicted molar refractivity (Wildman–Crippen MR) is 83.3 cm³/mol. The summed E-state index contributed by atoms with van der Waals surface area (Å²) >= 11 is 0. The second kappa shape index (κ2) is 6.73. The van der Waals surface area contributed by atoms with E-state index in [9.17, 15) is 14.4 Å². The Bertz CT molecular complexity index is 596. The maximum Gasteiger partial charge on any atom is 0.255 e. The van der Waals surface area contributed by atoms with Gasteiger partial charge in [0.15, 0.2) is 0 Å². The normalized spacial score (nSPS) is 14.9. The average molecular weight is 302 g/mol. The maximum absolute atomic E-state index is 12.8. The van der Waals surface area contributed by atoms with Crippen molar-refractivity contribution in [3.05, 3.63) is 34.9 Å². The molecule has 3 amide bonds. The molecule has 1 N–H and O–H groups in total. The molecule has 5 heteroatoms. The van der Waals surface area contributed by atoms with Crippen molar-refractivity contribution in [1.82, 2.24) is 10.2 Å². The quantitative estimate of drug-likeness (QED) is 0.819. The van der Waals surface area contributed by atoms with Crippen molar-refractivity contribution in [2.45, 2.75) is 52.1 Å². The maximum atomic E-state index is 12.8. The third-order valence-electron chi connectivity index (χ3n) is 4.06. The van der Waals surface area contributed by atoms with Crippen molar-refractivity contribution in [3.8, 4) is 0 Å². The molecule has 1 unspecified atom stereocenters. The van der Waals surface area contributed by atoms with Crippen LogP contribution in [0.15, 0.2) is 18.2 Å². The first-order valence-corrected chi connectivity index (χ1v) is 7.68. The van der Waals surface area contributed by atoms with Gasteiger partial charge >= 0.3 is 0 Å². The fourth-order valence-electron chi connectivity index (χ4n) is 3.00. The standard InChI is InChI=1S/C17H22N2O3/c1-4-6-14(16(21)18-10-20)19-9-12-7-5-8-13(11(2)3)15(12)17(19)22/h5,7-8,10-11,14H,4,6,9H2,1-3H3,(H,18,20,21). The first-order chi connectivity index (χ1) is 10.5. The Balaban J connectivity index is 2.35. The summed E-state index contributed by atoms with van der Waals surface area (Å²) in [5.74, 6) is -0.282. The Hall–Kier alpha value is -2.17. The number of benzene rings is 1. The molecule has 0 saturated carbocycles. The lowest BCUT2D eigenvalue weighted by molar-refractivity contribution is -0.129. The number of fused-ring (bicyclic) bond motifs is 1. The molecular weight excluding hydrogens is 280 g/mol. The number of imide groups is 1. The summed E-state index contributed by atoms with van der Waals surface area (Å²) in [5, 5.41) is 2.18. The van der Waals surface area contributed by atoms with Gasteiger partial charge in [-0.05, 0) is 23.5 Å². The Kier molecular flexibility index (Phi) is 4.96. The molecule has 0 saturated heterocycles. The topological polar surface area (TPSA) is 66.5 Å². The Morgan fingerprint density at radius 1 is 1.41 bits per heavy atom. The van der Waals surface area contributed by atoms with E-state index in [0.717, 1.165) is 23.1 Å². The first-order valence-electron chi connectivity index (χ1n) is 7.68. The Morgan fingerprint density at radius 3 is 2.73 bits per heavy atom. The number of nitrogens with zero attached hydrogens (tertiary/aromatic N) is 1. The van der Waals surface area contributed by atoms with E-state index in [2.05, 4.69) is 5.32 Å². The average Bonchev–Trinajstić information content (AvgIpc) is 2.82. The van der Waals surface area contributed by atoms with Crippen molar-refractivity contribution in [2.24, 2.45) is 0 Å². The molecule has 0 aliphatic carbocycles. The summed E-state index contributed by atoms with van der Waals surface area (Å²) in [7, 11) is 0. The van der Waals surface area contributed by atoms with Gasteiger partial charge in [0.05, 0.1) is 0 Å². The zero-order valence-corrected chi connectivity index (χ0v) is 13.3. The van der Waals surface area contributed by atoms with Crippen molar-refractivity contribution >= 4 is 18.2 Å². The highest BCUT2D eigenvalue weighted by molar-refractivity contribution is 6.03. The van der Waals surface area contributed by atoms with Gasteiger partial charge in [-0.25, -0.2) is 0 Å². The smallest absolute Gasteiger partial charge is 0.255 e. The minimum Gasteiger partial charge on any atom is -0.322 e. The molecule has 0 radical (unpaired) electrons. The van der Waals surface area contributed by atoms with E-state index in [4.69, 9.17) is 0 Å². The summed E-state index contributed by atoms with van der Waals surface area (Å²) in [5.41, 5.74) is 2.68. The van der Waals surface area contributed by atoms with Gasteiger partial charge in [-0.1, -0.05) is 45.4 Å². The van der Waals surface area contributed by atoms with Crippen LogP contribution in [0.5, 0.6) is 0 Å². The molecular formula is C17H22N2O3. The number of carbonyl (C=O) groups excluding carboxylic acids is 3. The van der Waals surface area contributed by atoms with Crippen LogP contribution in [0.25, 0.3) is 0 Å². The second-order valence-corrected chi connectivity index (χ2v) is 5.90. The third-order valence-corrected chi connectivity index (χ3v) is 4.06. The summed E-state index contributed by atoms with van der Waals surface area (Å²) in [6, 6.07) is 5.24. The van der Waals surface area contributed by atoms with Crippen LogP contribution >= 0.6 is 0 Å². The molecule has 118 valence electrons. The van der Waals surface area contributed by atoms with E-state index < -0.39 is 11.9 Å². The SMILES string of the molecule is CCCC(C(=O)NC=O)N1Cc2cccc(C(C)C)c2C1=O. The minimum atomic E-state index is -0.602. The van der Waals surface area contributed by atoms with Crippen LogP contribution in [0.1, 0.15) is 61.0 Å². The van der Waals surface area contributed by atoms with E-state index >= 15 is 0 Å². The Labute approximate surface area is 130 Å². The first kappa shape index (κ1) is 16.2. The van der Waals surface area contributed by atoms with Gasteiger partial charge in [0, 0.05) is 12.1 Å². The zero-order valence-electron chi connectivity index (χ0n) is 13.3. The van der Waals surface area contributed by atoms with Crippen LogP contribution in [0.3, 0.4) is 0 Å². The van der Waals surface area contributed by atoms with Crippen LogP contribution in [0, 0.1) is 0 Å². The number of hydrogen-bond acceptors (Lipinski definition) is 3. The molecule has 1 atom stereocenters. The van der Waals surface area contributed by atoms with Gasteiger partial charge in [0.2, 0.25) is 12.3 Å². The zero-order chi connectivity index (χ0) is 16.3. The van der Waals surface area contributed by atoms with Crippen LogP contribution in [0.2, 0.25) is 0 Å². The predicted octanol–water partition coefficient (Wildman–Crippen LogP) is 2.21. The highest BCUT2D eigenvalue weighted by Crippen LogP contribution is 2.32. The minimum absolute atomic E-state index is 0.112. The number of hydrogen-bond donors (Lipinski definition) is 1. The molecule has 22 heavy (non-hydrogen) atoms. The number of rotatable bonds is 6. The van der Waals surface area contributed by atoms with Crippen molar-refractivity contribution < 1.29 is 14.4 Å². The summed E-state index contributed by atoms with van der Waals surface area (Å²) < 4.78 is 0. The van der Waals surface area contributed by atoms with E-state index in [1.54, 1.807) is 4.90 Å². The molecule has 0 aromatic heterocycles. The van der Waals surface area contributed by atoms with Gasteiger partial charge in [-0.2, -0.15) is 0 Å². The van der Waals surface area contributed by atoms with E-state index in [0.29, 0.717) is 19.4 Å².